The van der Waals surface area contributed by atoms with Crippen LogP contribution < -0.4 is 10.6 Å². The third-order valence-electron chi connectivity index (χ3n) is 3.34. The van der Waals surface area contributed by atoms with Crippen molar-refractivity contribution in [3.05, 3.63) is 16.1 Å². The van der Waals surface area contributed by atoms with E-state index in [1.54, 1.807) is 11.3 Å². The number of rotatable bonds is 5. The topological polar surface area (TPSA) is 49.3 Å². The van der Waals surface area contributed by atoms with Crippen LogP contribution in [-0.4, -0.2) is 23.5 Å². The first-order valence-corrected chi connectivity index (χ1v) is 8.18. The molecular formula is C14H24N4S. The van der Waals surface area contributed by atoms with E-state index in [4.69, 9.17) is 0 Å². The molecule has 0 bridgehead atoms. The van der Waals surface area contributed by atoms with Crippen LogP contribution in [0.5, 0.6) is 0 Å². The van der Waals surface area contributed by atoms with Crippen molar-refractivity contribution in [1.82, 2.24) is 15.6 Å². The Hall–Kier alpha value is -1.10. The normalized spacial score (nSPS) is 16.8. The predicted molar refractivity (Wildman–Crippen MR) is 81.7 cm³/mol. The Labute approximate surface area is 119 Å². The molecule has 1 aromatic rings. The Morgan fingerprint density at radius 3 is 2.84 bits per heavy atom. The third-order valence-corrected chi connectivity index (χ3v) is 4.38. The summed E-state index contributed by atoms with van der Waals surface area (Å²) in [6.07, 6.45) is 6.21. The number of aromatic nitrogens is 1. The number of guanidine groups is 1. The van der Waals surface area contributed by atoms with E-state index in [1.165, 1.54) is 30.7 Å². The Bertz CT molecular complexity index is 407. The first kappa shape index (κ1) is 14.3. The second kappa shape index (κ2) is 7.48. The number of hydrogen-bond donors (Lipinski definition) is 2. The summed E-state index contributed by atoms with van der Waals surface area (Å²) in [6, 6.07) is 0.597. The second-order valence-electron chi connectivity index (χ2n) is 4.91. The summed E-state index contributed by atoms with van der Waals surface area (Å²) in [4.78, 5) is 9.18. The van der Waals surface area contributed by atoms with Crippen LogP contribution in [0.3, 0.4) is 0 Å². The van der Waals surface area contributed by atoms with E-state index in [2.05, 4.69) is 39.8 Å². The molecule has 2 rings (SSSR count). The fraction of sp³-hybridized carbons (Fsp3) is 0.714. The highest BCUT2D eigenvalue weighted by Crippen LogP contribution is 2.17. The molecular weight excluding hydrogens is 256 g/mol. The molecule has 1 aromatic heterocycles. The van der Waals surface area contributed by atoms with Gasteiger partial charge in [0.15, 0.2) is 5.96 Å². The molecule has 2 N–H and O–H groups in total. The van der Waals surface area contributed by atoms with Gasteiger partial charge in [-0.3, -0.25) is 0 Å². The van der Waals surface area contributed by atoms with E-state index in [1.807, 2.05) is 0 Å². The molecule has 4 nitrogen and oxygen atoms in total. The van der Waals surface area contributed by atoms with Crippen LogP contribution in [0.25, 0.3) is 0 Å². The van der Waals surface area contributed by atoms with Gasteiger partial charge < -0.3 is 10.6 Å². The zero-order chi connectivity index (χ0) is 13.5. The van der Waals surface area contributed by atoms with Gasteiger partial charge in [0, 0.05) is 18.0 Å². The van der Waals surface area contributed by atoms with E-state index >= 15 is 0 Å². The summed E-state index contributed by atoms with van der Waals surface area (Å²) in [7, 11) is 0. The molecule has 1 heterocycles. The molecule has 0 spiro atoms. The van der Waals surface area contributed by atoms with Crippen LogP contribution in [0, 0.1) is 0 Å². The van der Waals surface area contributed by atoms with Crippen molar-refractivity contribution >= 4 is 17.3 Å². The Morgan fingerprint density at radius 2 is 2.21 bits per heavy atom. The highest BCUT2D eigenvalue weighted by molar-refractivity contribution is 7.09. The van der Waals surface area contributed by atoms with Gasteiger partial charge in [-0.15, -0.1) is 11.3 Å². The molecule has 0 unspecified atom stereocenters. The smallest absolute Gasteiger partial charge is 0.191 e. The minimum Gasteiger partial charge on any atom is -0.357 e. The molecule has 0 aliphatic heterocycles. The van der Waals surface area contributed by atoms with Gasteiger partial charge in [-0.2, -0.15) is 0 Å². The summed E-state index contributed by atoms with van der Waals surface area (Å²) < 4.78 is 0. The molecule has 0 atom stereocenters. The molecule has 1 fully saturated rings. The van der Waals surface area contributed by atoms with Gasteiger partial charge in [0.25, 0.3) is 0 Å². The Balaban J connectivity index is 1.90. The number of thiazole rings is 1. The fourth-order valence-corrected chi connectivity index (χ4v) is 3.06. The second-order valence-corrected chi connectivity index (χ2v) is 5.85. The van der Waals surface area contributed by atoms with E-state index in [0.717, 1.165) is 24.6 Å². The van der Waals surface area contributed by atoms with Crippen molar-refractivity contribution in [3.63, 3.8) is 0 Å². The zero-order valence-corrected chi connectivity index (χ0v) is 12.7. The van der Waals surface area contributed by atoms with Crippen LogP contribution in [0.4, 0.5) is 0 Å². The van der Waals surface area contributed by atoms with E-state index in [0.29, 0.717) is 12.6 Å². The molecule has 0 amide bonds. The summed E-state index contributed by atoms with van der Waals surface area (Å²) in [6.45, 7) is 5.80. The molecule has 0 radical (unpaired) electrons. The monoisotopic (exact) mass is 280 g/mol. The van der Waals surface area contributed by atoms with E-state index in [-0.39, 0.29) is 0 Å². The lowest BCUT2D eigenvalue weighted by molar-refractivity contribution is 0.613. The predicted octanol–water partition coefficient (Wildman–Crippen LogP) is 2.70. The molecule has 1 aliphatic rings. The van der Waals surface area contributed by atoms with Crippen molar-refractivity contribution in [2.24, 2.45) is 4.99 Å². The van der Waals surface area contributed by atoms with Crippen LogP contribution in [0.1, 0.15) is 50.2 Å². The highest BCUT2D eigenvalue weighted by Gasteiger charge is 2.15. The van der Waals surface area contributed by atoms with Crippen molar-refractivity contribution < 1.29 is 0 Å². The zero-order valence-electron chi connectivity index (χ0n) is 11.9. The standard InChI is InChI=1S/C14H24N4S/c1-3-13-17-12(10-19-13)9-16-14(15-4-2)18-11-7-5-6-8-11/h10-11H,3-9H2,1-2H3,(H2,15,16,18). The summed E-state index contributed by atoms with van der Waals surface area (Å²) in [5.41, 5.74) is 1.07. The number of hydrogen-bond acceptors (Lipinski definition) is 3. The number of aryl methyl sites for hydroxylation is 1. The molecule has 106 valence electrons. The molecule has 5 heteroatoms. The minimum atomic E-state index is 0.597. The van der Waals surface area contributed by atoms with Crippen molar-refractivity contribution in [3.8, 4) is 0 Å². The van der Waals surface area contributed by atoms with Crippen molar-refractivity contribution in [2.45, 2.75) is 58.5 Å². The summed E-state index contributed by atoms with van der Waals surface area (Å²) in [5.74, 6) is 0.931. The van der Waals surface area contributed by atoms with E-state index in [9.17, 15) is 0 Å². The number of aliphatic imine (C=N–C) groups is 1. The first-order valence-electron chi connectivity index (χ1n) is 7.30. The average molecular weight is 280 g/mol. The van der Waals surface area contributed by atoms with Gasteiger partial charge in [0.2, 0.25) is 0 Å². The van der Waals surface area contributed by atoms with Crippen LogP contribution in [-0.2, 0) is 13.0 Å². The van der Waals surface area contributed by atoms with Crippen LogP contribution in [0.15, 0.2) is 10.4 Å². The maximum Gasteiger partial charge on any atom is 0.191 e. The molecule has 1 saturated carbocycles. The van der Waals surface area contributed by atoms with Crippen molar-refractivity contribution in [2.75, 3.05) is 6.54 Å². The lowest BCUT2D eigenvalue weighted by Gasteiger charge is -2.16. The lowest BCUT2D eigenvalue weighted by Crippen LogP contribution is -2.42. The van der Waals surface area contributed by atoms with Gasteiger partial charge in [-0.25, -0.2) is 9.98 Å². The molecule has 1 aliphatic carbocycles. The van der Waals surface area contributed by atoms with Crippen molar-refractivity contribution in [1.29, 1.82) is 0 Å². The van der Waals surface area contributed by atoms with Crippen LogP contribution in [0.2, 0.25) is 0 Å². The maximum absolute atomic E-state index is 4.63. The quantitative estimate of drug-likeness (QED) is 0.644. The lowest BCUT2D eigenvalue weighted by atomic mass is 10.2. The number of nitrogens with zero attached hydrogens (tertiary/aromatic N) is 2. The summed E-state index contributed by atoms with van der Waals surface area (Å²) >= 11 is 1.73. The third kappa shape index (κ3) is 4.49. The fourth-order valence-electron chi connectivity index (χ4n) is 2.33. The highest BCUT2D eigenvalue weighted by atomic mass is 32.1. The Morgan fingerprint density at radius 1 is 1.42 bits per heavy atom. The van der Waals surface area contributed by atoms with Gasteiger partial charge in [-0.05, 0) is 26.2 Å². The minimum absolute atomic E-state index is 0.597. The summed E-state index contributed by atoms with van der Waals surface area (Å²) in [5, 5.41) is 10.1. The first-order chi connectivity index (χ1) is 9.31. The number of nitrogens with one attached hydrogen (secondary N) is 2. The SMILES string of the molecule is CCNC(=NCc1csc(CC)n1)NC1CCCC1. The van der Waals surface area contributed by atoms with Gasteiger partial charge in [0.05, 0.1) is 17.2 Å². The maximum atomic E-state index is 4.63. The molecule has 0 saturated heterocycles. The Kier molecular flexibility index (Phi) is 5.63. The van der Waals surface area contributed by atoms with Gasteiger partial charge >= 0.3 is 0 Å². The average Bonchev–Trinajstić information content (AvgIpc) is 3.07. The van der Waals surface area contributed by atoms with Crippen LogP contribution >= 0.6 is 11.3 Å². The largest absolute Gasteiger partial charge is 0.357 e. The molecule has 0 aromatic carbocycles. The van der Waals surface area contributed by atoms with E-state index < -0.39 is 0 Å². The van der Waals surface area contributed by atoms with Gasteiger partial charge in [0.1, 0.15) is 0 Å². The molecule has 19 heavy (non-hydrogen) atoms. The van der Waals surface area contributed by atoms with Gasteiger partial charge in [-0.1, -0.05) is 19.8 Å².